The fourth-order valence-corrected chi connectivity index (χ4v) is 6.78. The van der Waals surface area contributed by atoms with Crippen molar-refractivity contribution < 1.29 is 0 Å². The first-order chi connectivity index (χ1) is 21.1. The largest absolute Gasteiger partial charge is 0.311 e. The first kappa shape index (κ1) is 25.3. The van der Waals surface area contributed by atoms with Crippen LogP contribution in [0.3, 0.4) is 0 Å². The predicted molar refractivity (Wildman–Crippen MR) is 181 cm³/mol. The smallest absolute Gasteiger partial charge is 0.0696 e. The van der Waals surface area contributed by atoms with Gasteiger partial charge in [0, 0.05) is 44.5 Å². The molecule has 0 N–H and O–H groups in total. The molecule has 0 spiro atoms. The van der Waals surface area contributed by atoms with Crippen molar-refractivity contribution in [2.75, 3.05) is 4.90 Å². The molecule has 1 aliphatic rings. The second-order valence-corrected chi connectivity index (χ2v) is 11.7. The van der Waals surface area contributed by atoms with Crippen LogP contribution in [0.4, 0.5) is 22.7 Å². The number of fused-ring (bicyclic) bond motifs is 5. The number of rotatable bonds is 5. The number of anilines is 3. The van der Waals surface area contributed by atoms with Crippen molar-refractivity contribution in [1.82, 2.24) is 4.57 Å². The van der Waals surface area contributed by atoms with Gasteiger partial charge in [0.15, 0.2) is 0 Å². The standard InChI is InChI=1S/C40H31N3/c1-40(2)37-35(41-39(40)28-14-6-3-7-15-28)27-26-34-33-20-12-13-21-36(33)43(38(34)37)32-24-22-31(23-25-32)42(29-16-8-4-9-17-29)30-18-10-5-11-19-30/h3-27H,1-2H3. The van der Waals surface area contributed by atoms with Gasteiger partial charge in [0.25, 0.3) is 0 Å². The van der Waals surface area contributed by atoms with Gasteiger partial charge in [0.2, 0.25) is 0 Å². The molecule has 3 nitrogen and oxygen atoms in total. The van der Waals surface area contributed by atoms with Gasteiger partial charge in [-0.05, 0) is 80.1 Å². The van der Waals surface area contributed by atoms with Crippen LogP contribution in [0.25, 0.3) is 27.5 Å². The van der Waals surface area contributed by atoms with E-state index in [1.165, 1.54) is 32.9 Å². The van der Waals surface area contributed by atoms with Crippen LogP contribution in [0, 0.1) is 0 Å². The van der Waals surface area contributed by atoms with Crippen molar-refractivity contribution in [2.45, 2.75) is 19.3 Å². The molecular formula is C40H31N3. The zero-order valence-corrected chi connectivity index (χ0v) is 24.3. The molecule has 0 atom stereocenters. The average Bonchev–Trinajstić information content (AvgIpc) is 3.54. The summed E-state index contributed by atoms with van der Waals surface area (Å²) < 4.78 is 2.44. The zero-order valence-electron chi connectivity index (χ0n) is 24.3. The molecule has 0 saturated heterocycles. The molecule has 2 heterocycles. The van der Waals surface area contributed by atoms with Crippen LogP contribution in [-0.2, 0) is 5.41 Å². The highest BCUT2D eigenvalue weighted by Crippen LogP contribution is 2.48. The van der Waals surface area contributed by atoms with E-state index in [9.17, 15) is 0 Å². The SMILES string of the molecule is CC1(C)C(c2ccccc2)=Nc2ccc3c4ccccc4n(-c4ccc(N(c5ccccc5)c5ccccc5)cc4)c3c21. The van der Waals surface area contributed by atoms with Gasteiger partial charge in [-0.25, -0.2) is 0 Å². The molecule has 206 valence electrons. The maximum atomic E-state index is 5.23. The van der Waals surface area contributed by atoms with Crippen molar-refractivity contribution in [3.05, 3.63) is 163 Å². The Kier molecular flexibility index (Phi) is 5.80. The summed E-state index contributed by atoms with van der Waals surface area (Å²) in [4.78, 5) is 7.53. The molecule has 43 heavy (non-hydrogen) atoms. The third-order valence-corrected chi connectivity index (χ3v) is 8.71. The molecule has 0 saturated carbocycles. The lowest BCUT2D eigenvalue weighted by Crippen LogP contribution is -2.27. The van der Waals surface area contributed by atoms with Crippen LogP contribution >= 0.6 is 0 Å². The molecule has 0 amide bonds. The van der Waals surface area contributed by atoms with Crippen molar-refractivity contribution in [3.8, 4) is 5.69 Å². The normalized spacial score (nSPS) is 13.7. The van der Waals surface area contributed by atoms with Crippen molar-refractivity contribution in [3.63, 3.8) is 0 Å². The Hall–Kier alpha value is -5.41. The molecule has 0 radical (unpaired) electrons. The molecule has 0 unspecified atom stereocenters. The van der Waals surface area contributed by atoms with Gasteiger partial charge in [-0.2, -0.15) is 0 Å². The summed E-state index contributed by atoms with van der Waals surface area (Å²) in [6, 6.07) is 53.9. The number of hydrogen-bond donors (Lipinski definition) is 0. The Morgan fingerprint density at radius 1 is 0.535 bits per heavy atom. The molecule has 3 heteroatoms. The van der Waals surface area contributed by atoms with Gasteiger partial charge >= 0.3 is 0 Å². The monoisotopic (exact) mass is 553 g/mol. The van der Waals surface area contributed by atoms with Crippen LogP contribution < -0.4 is 4.90 Å². The van der Waals surface area contributed by atoms with E-state index in [-0.39, 0.29) is 5.41 Å². The molecule has 7 aromatic rings. The minimum absolute atomic E-state index is 0.264. The molecule has 1 aliphatic heterocycles. The number of para-hydroxylation sites is 3. The summed E-state index contributed by atoms with van der Waals surface area (Å²) in [7, 11) is 0. The predicted octanol–water partition coefficient (Wildman–Crippen LogP) is 10.7. The number of aliphatic imine (C=N–C) groups is 1. The highest BCUT2D eigenvalue weighted by molar-refractivity contribution is 6.19. The van der Waals surface area contributed by atoms with Gasteiger partial charge in [-0.15, -0.1) is 0 Å². The van der Waals surface area contributed by atoms with Crippen molar-refractivity contribution in [1.29, 1.82) is 0 Å². The second-order valence-electron chi connectivity index (χ2n) is 11.7. The quantitative estimate of drug-likeness (QED) is 0.208. The van der Waals surface area contributed by atoms with E-state index in [1.807, 2.05) is 0 Å². The van der Waals surface area contributed by atoms with E-state index in [2.05, 4.69) is 175 Å². The summed E-state index contributed by atoms with van der Waals surface area (Å²) in [5.41, 5.74) is 11.3. The lowest BCUT2D eigenvalue weighted by atomic mass is 9.78. The number of nitrogens with zero attached hydrogens (tertiary/aromatic N) is 3. The summed E-state index contributed by atoms with van der Waals surface area (Å²) >= 11 is 0. The summed E-state index contributed by atoms with van der Waals surface area (Å²) in [6.45, 7) is 4.62. The Morgan fingerprint density at radius 2 is 1.09 bits per heavy atom. The minimum atomic E-state index is -0.264. The van der Waals surface area contributed by atoms with E-state index in [0.29, 0.717) is 0 Å². The van der Waals surface area contributed by atoms with E-state index in [0.717, 1.165) is 34.1 Å². The Balaban J connectivity index is 1.32. The van der Waals surface area contributed by atoms with Gasteiger partial charge in [-0.1, -0.05) is 91.0 Å². The van der Waals surface area contributed by atoms with Gasteiger partial charge in [0.05, 0.1) is 22.4 Å². The molecule has 0 fully saturated rings. The van der Waals surface area contributed by atoms with E-state index >= 15 is 0 Å². The third kappa shape index (κ3) is 4.00. The lowest BCUT2D eigenvalue weighted by Gasteiger charge is -2.26. The highest BCUT2D eigenvalue weighted by Gasteiger charge is 2.39. The maximum absolute atomic E-state index is 5.23. The van der Waals surface area contributed by atoms with Crippen LogP contribution in [0.15, 0.2) is 157 Å². The minimum Gasteiger partial charge on any atom is -0.311 e. The van der Waals surface area contributed by atoms with Crippen LogP contribution in [-0.4, -0.2) is 10.3 Å². The molecule has 0 bridgehead atoms. The van der Waals surface area contributed by atoms with Crippen LogP contribution in [0.5, 0.6) is 0 Å². The van der Waals surface area contributed by atoms with Gasteiger partial charge in [0.1, 0.15) is 0 Å². The molecule has 8 rings (SSSR count). The average molecular weight is 554 g/mol. The Labute approximate surface area is 252 Å². The Bertz CT molecular complexity index is 2080. The highest BCUT2D eigenvalue weighted by atomic mass is 15.1. The number of hydrogen-bond acceptors (Lipinski definition) is 2. The second kappa shape index (κ2) is 9.85. The zero-order chi connectivity index (χ0) is 29.0. The third-order valence-electron chi connectivity index (χ3n) is 8.71. The summed E-state index contributed by atoms with van der Waals surface area (Å²) in [5, 5.41) is 2.51. The van der Waals surface area contributed by atoms with Crippen molar-refractivity contribution >= 4 is 50.3 Å². The number of benzene rings is 6. The first-order valence-electron chi connectivity index (χ1n) is 14.8. The van der Waals surface area contributed by atoms with Gasteiger partial charge in [-0.3, -0.25) is 4.99 Å². The van der Waals surface area contributed by atoms with Crippen LogP contribution in [0.1, 0.15) is 25.0 Å². The first-order valence-corrected chi connectivity index (χ1v) is 14.8. The number of aromatic nitrogens is 1. The molecule has 0 aliphatic carbocycles. The maximum Gasteiger partial charge on any atom is 0.0696 e. The fourth-order valence-electron chi connectivity index (χ4n) is 6.78. The fraction of sp³-hybridized carbons (Fsp3) is 0.0750. The van der Waals surface area contributed by atoms with Crippen LogP contribution in [0.2, 0.25) is 0 Å². The Morgan fingerprint density at radius 3 is 1.74 bits per heavy atom. The lowest BCUT2D eigenvalue weighted by molar-refractivity contribution is 0.741. The summed E-state index contributed by atoms with van der Waals surface area (Å²) in [5.74, 6) is 0. The molecule has 1 aromatic heterocycles. The molecular weight excluding hydrogens is 522 g/mol. The molecule has 6 aromatic carbocycles. The van der Waals surface area contributed by atoms with Gasteiger partial charge < -0.3 is 9.47 Å². The van der Waals surface area contributed by atoms with E-state index in [1.54, 1.807) is 0 Å². The topological polar surface area (TPSA) is 20.5 Å². The van der Waals surface area contributed by atoms with E-state index < -0.39 is 0 Å². The summed E-state index contributed by atoms with van der Waals surface area (Å²) in [6.07, 6.45) is 0. The van der Waals surface area contributed by atoms with E-state index in [4.69, 9.17) is 4.99 Å². The van der Waals surface area contributed by atoms with Crippen molar-refractivity contribution in [2.24, 2.45) is 4.99 Å².